The number of rotatable bonds is 8. The van der Waals surface area contributed by atoms with Crippen LogP contribution in [-0.4, -0.2) is 38.9 Å². The van der Waals surface area contributed by atoms with Crippen molar-refractivity contribution in [2.24, 2.45) is 0 Å². The van der Waals surface area contributed by atoms with Crippen LogP contribution in [0, 0.1) is 0 Å². The molecule has 0 unspecified atom stereocenters. The molecule has 1 amide bonds. The number of hydrogen-bond acceptors (Lipinski definition) is 4. The molecule has 1 heterocycles. The Morgan fingerprint density at radius 3 is 2.54 bits per heavy atom. The van der Waals surface area contributed by atoms with E-state index in [1.165, 1.54) is 23.3 Å². The zero-order valence-electron chi connectivity index (χ0n) is 16.1. The Bertz CT molecular complexity index is 910. The predicted molar refractivity (Wildman–Crippen MR) is 108 cm³/mol. The summed E-state index contributed by atoms with van der Waals surface area (Å²) in [6.07, 6.45) is 2.56. The molecule has 0 bridgehead atoms. The molecule has 0 fully saturated rings. The minimum Gasteiger partial charge on any atom is -0.484 e. The van der Waals surface area contributed by atoms with Crippen molar-refractivity contribution in [2.75, 3.05) is 19.7 Å². The van der Waals surface area contributed by atoms with Gasteiger partial charge in [-0.1, -0.05) is 37.6 Å². The lowest BCUT2D eigenvalue weighted by Gasteiger charge is -2.28. The standard InChI is InChI=1S/C21H26N2O4S/c1-2-3-13-22-28(25,26)20-10-8-19(9-11-20)27-16-21(24)23-14-12-17-6-4-5-7-18(17)15-23/h4-11,22H,2-3,12-16H2,1H3. The zero-order chi connectivity index (χ0) is 20.0. The van der Waals surface area contributed by atoms with Gasteiger partial charge in [-0.2, -0.15) is 0 Å². The second kappa shape index (κ2) is 9.21. The molecule has 1 N–H and O–H groups in total. The minimum absolute atomic E-state index is 0.0665. The SMILES string of the molecule is CCCCNS(=O)(=O)c1ccc(OCC(=O)N2CCc3ccccc3C2)cc1. The third kappa shape index (κ3) is 5.11. The summed E-state index contributed by atoms with van der Waals surface area (Å²) in [5, 5.41) is 0. The number of ether oxygens (including phenoxy) is 1. The molecule has 0 radical (unpaired) electrons. The molecule has 2 aromatic rings. The maximum atomic E-state index is 12.4. The van der Waals surface area contributed by atoms with Crippen LogP contribution >= 0.6 is 0 Å². The average molecular weight is 403 g/mol. The maximum Gasteiger partial charge on any atom is 0.260 e. The first-order valence-electron chi connectivity index (χ1n) is 9.56. The highest BCUT2D eigenvalue weighted by Gasteiger charge is 2.20. The van der Waals surface area contributed by atoms with Gasteiger partial charge >= 0.3 is 0 Å². The number of sulfonamides is 1. The number of fused-ring (bicyclic) bond motifs is 1. The molecule has 0 spiro atoms. The largest absolute Gasteiger partial charge is 0.484 e. The van der Waals surface area contributed by atoms with Crippen LogP contribution in [0.1, 0.15) is 30.9 Å². The Balaban J connectivity index is 1.53. The number of hydrogen-bond donors (Lipinski definition) is 1. The van der Waals surface area contributed by atoms with Gasteiger partial charge in [0.1, 0.15) is 5.75 Å². The lowest BCUT2D eigenvalue weighted by Crippen LogP contribution is -2.38. The fraction of sp³-hybridized carbons (Fsp3) is 0.381. The van der Waals surface area contributed by atoms with Crippen molar-refractivity contribution in [1.82, 2.24) is 9.62 Å². The molecule has 0 saturated heterocycles. The molecule has 1 aliphatic heterocycles. The number of amides is 1. The predicted octanol–water partition coefficient (Wildman–Crippen LogP) is 2.73. The summed E-state index contributed by atoms with van der Waals surface area (Å²) in [5.74, 6) is 0.394. The van der Waals surface area contributed by atoms with E-state index in [0.717, 1.165) is 19.3 Å². The van der Waals surface area contributed by atoms with Crippen LogP contribution in [0.25, 0.3) is 0 Å². The highest BCUT2D eigenvalue weighted by atomic mass is 32.2. The molecule has 28 heavy (non-hydrogen) atoms. The molecule has 0 atom stereocenters. The summed E-state index contributed by atoms with van der Waals surface area (Å²) in [6.45, 7) is 3.64. The van der Waals surface area contributed by atoms with E-state index in [-0.39, 0.29) is 17.4 Å². The average Bonchev–Trinajstić information content (AvgIpc) is 2.72. The van der Waals surface area contributed by atoms with Crippen LogP contribution in [0.2, 0.25) is 0 Å². The summed E-state index contributed by atoms with van der Waals surface area (Å²) in [4.78, 5) is 14.4. The molecule has 7 heteroatoms. The van der Waals surface area contributed by atoms with Gasteiger partial charge in [0.25, 0.3) is 5.91 Å². The van der Waals surface area contributed by atoms with E-state index in [4.69, 9.17) is 4.74 Å². The van der Waals surface area contributed by atoms with Gasteiger partial charge in [0, 0.05) is 19.6 Å². The van der Waals surface area contributed by atoms with Crippen molar-refractivity contribution >= 4 is 15.9 Å². The Hall–Kier alpha value is -2.38. The molecule has 150 valence electrons. The van der Waals surface area contributed by atoms with Crippen molar-refractivity contribution in [3.63, 3.8) is 0 Å². The Morgan fingerprint density at radius 2 is 1.82 bits per heavy atom. The van der Waals surface area contributed by atoms with Gasteiger partial charge < -0.3 is 9.64 Å². The van der Waals surface area contributed by atoms with Crippen LogP contribution in [0.3, 0.4) is 0 Å². The summed E-state index contributed by atoms with van der Waals surface area (Å²) in [5.41, 5.74) is 2.46. The third-order valence-electron chi connectivity index (χ3n) is 4.80. The number of unbranched alkanes of at least 4 members (excludes halogenated alkanes) is 1. The molecular weight excluding hydrogens is 376 g/mol. The van der Waals surface area contributed by atoms with Crippen LogP contribution in [0.15, 0.2) is 53.4 Å². The topological polar surface area (TPSA) is 75.7 Å². The van der Waals surface area contributed by atoms with E-state index in [2.05, 4.69) is 10.8 Å². The first-order chi connectivity index (χ1) is 13.5. The second-order valence-corrected chi connectivity index (χ2v) is 8.61. The number of nitrogens with one attached hydrogen (secondary N) is 1. The first-order valence-corrected chi connectivity index (χ1v) is 11.0. The van der Waals surface area contributed by atoms with E-state index < -0.39 is 10.0 Å². The fourth-order valence-electron chi connectivity index (χ4n) is 3.13. The third-order valence-corrected chi connectivity index (χ3v) is 6.28. The van der Waals surface area contributed by atoms with Crippen molar-refractivity contribution in [3.05, 3.63) is 59.7 Å². The van der Waals surface area contributed by atoms with E-state index in [0.29, 0.717) is 25.4 Å². The highest BCUT2D eigenvalue weighted by molar-refractivity contribution is 7.89. The van der Waals surface area contributed by atoms with Gasteiger partial charge in [0.15, 0.2) is 6.61 Å². The first kappa shape index (κ1) is 20.4. The van der Waals surface area contributed by atoms with Crippen molar-refractivity contribution in [3.8, 4) is 5.75 Å². The molecule has 3 rings (SSSR count). The molecule has 6 nitrogen and oxygen atoms in total. The van der Waals surface area contributed by atoms with Crippen LogP contribution in [0.5, 0.6) is 5.75 Å². The van der Waals surface area contributed by atoms with E-state index >= 15 is 0 Å². The van der Waals surface area contributed by atoms with Gasteiger partial charge in [-0.05, 0) is 48.2 Å². The van der Waals surface area contributed by atoms with Gasteiger partial charge in [-0.15, -0.1) is 0 Å². The summed E-state index contributed by atoms with van der Waals surface area (Å²) < 4.78 is 32.5. The summed E-state index contributed by atoms with van der Waals surface area (Å²) >= 11 is 0. The second-order valence-electron chi connectivity index (χ2n) is 6.85. The number of carbonyl (C=O) groups is 1. The van der Waals surface area contributed by atoms with Gasteiger partial charge in [-0.25, -0.2) is 13.1 Å². The van der Waals surface area contributed by atoms with Gasteiger partial charge in [-0.3, -0.25) is 4.79 Å². The van der Waals surface area contributed by atoms with Gasteiger partial charge in [0.05, 0.1) is 4.90 Å². The number of nitrogens with zero attached hydrogens (tertiary/aromatic N) is 1. The van der Waals surface area contributed by atoms with Crippen molar-refractivity contribution in [2.45, 2.75) is 37.6 Å². The van der Waals surface area contributed by atoms with Crippen LogP contribution < -0.4 is 9.46 Å². The van der Waals surface area contributed by atoms with Crippen molar-refractivity contribution in [1.29, 1.82) is 0 Å². The lowest BCUT2D eigenvalue weighted by molar-refractivity contribution is -0.134. The molecule has 0 aromatic heterocycles. The Kier molecular flexibility index (Phi) is 6.70. The van der Waals surface area contributed by atoms with E-state index in [9.17, 15) is 13.2 Å². The quantitative estimate of drug-likeness (QED) is 0.689. The number of benzene rings is 2. The fourth-order valence-corrected chi connectivity index (χ4v) is 4.20. The highest BCUT2D eigenvalue weighted by Crippen LogP contribution is 2.19. The summed E-state index contributed by atoms with van der Waals surface area (Å²) in [7, 11) is -3.51. The Morgan fingerprint density at radius 1 is 1.11 bits per heavy atom. The molecular formula is C21H26N2O4S. The maximum absolute atomic E-state index is 12.4. The lowest BCUT2D eigenvalue weighted by atomic mass is 10.00. The normalized spacial score (nSPS) is 13.8. The minimum atomic E-state index is -3.51. The molecule has 0 aliphatic carbocycles. The smallest absolute Gasteiger partial charge is 0.260 e. The monoisotopic (exact) mass is 402 g/mol. The Labute approximate surface area is 166 Å². The molecule has 2 aromatic carbocycles. The zero-order valence-corrected chi connectivity index (χ0v) is 16.9. The summed E-state index contributed by atoms with van der Waals surface area (Å²) in [6, 6.07) is 14.3. The van der Waals surface area contributed by atoms with Crippen molar-refractivity contribution < 1.29 is 17.9 Å². The van der Waals surface area contributed by atoms with E-state index in [1.54, 1.807) is 17.0 Å². The number of carbonyl (C=O) groups excluding carboxylic acids is 1. The molecule has 1 aliphatic rings. The van der Waals surface area contributed by atoms with Crippen LogP contribution in [0.4, 0.5) is 0 Å². The molecule has 0 saturated carbocycles. The van der Waals surface area contributed by atoms with E-state index in [1.807, 2.05) is 25.1 Å². The van der Waals surface area contributed by atoms with Crippen LogP contribution in [-0.2, 0) is 27.8 Å². The van der Waals surface area contributed by atoms with Gasteiger partial charge in [0.2, 0.25) is 10.0 Å².